The number of benzene rings is 1. The zero-order valence-corrected chi connectivity index (χ0v) is 12.0. The summed E-state index contributed by atoms with van der Waals surface area (Å²) in [6.45, 7) is 0.580. The normalized spacial score (nSPS) is 10.5. The maximum absolute atomic E-state index is 11.5. The minimum absolute atomic E-state index is 0.247. The predicted octanol–water partition coefficient (Wildman–Crippen LogP) is 3.07. The number of nitrogens with one attached hydrogen (secondary N) is 1. The highest BCUT2D eigenvalue weighted by Crippen LogP contribution is 2.03. The lowest BCUT2D eigenvalue weighted by atomic mass is 10.2. The number of alkyl carbamates (subject to hydrolysis) is 1. The SMILES string of the molecule is O=C(NCC=Cc1ncc(Cl)cn1)OCc1ccccc1. The molecule has 0 atom stereocenters. The van der Waals surface area contributed by atoms with Gasteiger partial charge in [0.25, 0.3) is 0 Å². The van der Waals surface area contributed by atoms with E-state index in [-0.39, 0.29) is 6.61 Å². The number of hydrogen-bond donors (Lipinski definition) is 1. The molecule has 0 bridgehead atoms. The van der Waals surface area contributed by atoms with Crippen LogP contribution in [0.2, 0.25) is 5.02 Å². The lowest BCUT2D eigenvalue weighted by molar-refractivity contribution is 0.141. The summed E-state index contributed by atoms with van der Waals surface area (Å²) in [5, 5.41) is 3.09. The number of amides is 1. The lowest BCUT2D eigenvalue weighted by Gasteiger charge is -2.05. The van der Waals surface area contributed by atoms with Crippen LogP contribution in [0.4, 0.5) is 4.79 Å². The standard InChI is InChI=1S/C15H14ClN3O2/c16-13-9-18-14(19-10-13)7-4-8-17-15(20)21-11-12-5-2-1-3-6-12/h1-7,9-10H,8,11H2,(H,17,20). The minimum Gasteiger partial charge on any atom is -0.445 e. The second-order valence-corrected chi connectivity index (χ2v) is 4.54. The summed E-state index contributed by atoms with van der Waals surface area (Å²) >= 11 is 5.68. The minimum atomic E-state index is -0.472. The molecule has 108 valence electrons. The first kappa shape index (κ1) is 15.0. The molecule has 0 unspecified atom stereocenters. The van der Waals surface area contributed by atoms with E-state index in [9.17, 15) is 4.79 Å². The Kier molecular flexibility index (Phi) is 5.72. The van der Waals surface area contributed by atoms with Crippen LogP contribution in [0.15, 0.2) is 48.8 Å². The van der Waals surface area contributed by atoms with Gasteiger partial charge in [-0.15, -0.1) is 0 Å². The van der Waals surface area contributed by atoms with Crippen molar-refractivity contribution in [2.75, 3.05) is 6.54 Å². The van der Waals surface area contributed by atoms with Crippen LogP contribution in [0.3, 0.4) is 0 Å². The molecule has 0 aliphatic heterocycles. The summed E-state index contributed by atoms with van der Waals surface area (Å²) in [6.07, 6.45) is 5.97. The molecule has 2 aromatic rings. The van der Waals surface area contributed by atoms with Crippen molar-refractivity contribution in [3.8, 4) is 0 Å². The first-order valence-electron chi connectivity index (χ1n) is 6.32. The highest BCUT2D eigenvalue weighted by molar-refractivity contribution is 6.30. The van der Waals surface area contributed by atoms with Crippen LogP contribution in [-0.4, -0.2) is 22.6 Å². The molecule has 1 N–H and O–H groups in total. The van der Waals surface area contributed by atoms with Gasteiger partial charge in [-0.1, -0.05) is 48.0 Å². The topological polar surface area (TPSA) is 64.1 Å². The van der Waals surface area contributed by atoms with Gasteiger partial charge in [0.2, 0.25) is 0 Å². The molecule has 5 nitrogen and oxygen atoms in total. The molecule has 0 radical (unpaired) electrons. The van der Waals surface area contributed by atoms with Crippen molar-refractivity contribution < 1.29 is 9.53 Å². The molecule has 1 aromatic carbocycles. The van der Waals surface area contributed by atoms with E-state index in [0.717, 1.165) is 5.56 Å². The number of rotatable bonds is 5. The van der Waals surface area contributed by atoms with E-state index >= 15 is 0 Å². The largest absolute Gasteiger partial charge is 0.445 e. The Morgan fingerprint density at radius 1 is 1.24 bits per heavy atom. The number of aromatic nitrogens is 2. The lowest BCUT2D eigenvalue weighted by Crippen LogP contribution is -2.24. The monoisotopic (exact) mass is 303 g/mol. The van der Waals surface area contributed by atoms with Gasteiger partial charge in [-0.25, -0.2) is 14.8 Å². The van der Waals surface area contributed by atoms with Gasteiger partial charge in [0.05, 0.1) is 5.02 Å². The molecule has 0 saturated heterocycles. The van der Waals surface area contributed by atoms with Crippen LogP contribution in [0, 0.1) is 0 Å². The number of ether oxygens (including phenoxy) is 1. The van der Waals surface area contributed by atoms with E-state index < -0.39 is 6.09 Å². The second kappa shape index (κ2) is 8.01. The van der Waals surface area contributed by atoms with E-state index in [4.69, 9.17) is 16.3 Å². The molecular formula is C15H14ClN3O2. The molecule has 0 saturated carbocycles. The third-order valence-corrected chi connectivity index (χ3v) is 2.68. The molecule has 0 spiro atoms. The average molecular weight is 304 g/mol. The first-order valence-corrected chi connectivity index (χ1v) is 6.70. The van der Waals surface area contributed by atoms with E-state index in [2.05, 4.69) is 15.3 Å². The van der Waals surface area contributed by atoms with Gasteiger partial charge in [-0.3, -0.25) is 0 Å². The summed E-state index contributed by atoms with van der Waals surface area (Å²) < 4.78 is 5.06. The average Bonchev–Trinajstić information content (AvgIpc) is 2.52. The zero-order valence-electron chi connectivity index (χ0n) is 11.2. The molecule has 2 rings (SSSR count). The smallest absolute Gasteiger partial charge is 0.407 e. The van der Waals surface area contributed by atoms with Gasteiger partial charge < -0.3 is 10.1 Å². The van der Waals surface area contributed by atoms with Crippen LogP contribution in [0.25, 0.3) is 6.08 Å². The number of nitrogens with zero attached hydrogens (tertiary/aromatic N) is 2. The van der Waals surface area contributed by atoms with Gasteiger partial charge in [-0.05, 0) is 11.6 Å². The van der Waals surface area contributed by atoms with Crippen molar-refractivity contribution in [2.45, 2.75) is 6.61 Å². The third-order valence-electron chi connectivity index (χ3n) is 2.48. The van der Waals surface area contributed by atoms with Crippen LogP contribution in [0.5, 0.6) is 0 Å². The molecule has 0 aliphatic rings. The van der Waals surface area contributed by atoms with Crippen molar-refractivity contribution in [3.05, 3.63) is 65.2 Å². The molecule has 1 aromatic heterocycles. The number of carbonyl (C=O) groups excluding carboxylic acids is 1. The molecule has 21 heavy (non-hydrogen) atoms. The molecule has 1 heterocycles. The molecule has 0 fully saturated rings. The van der Waals surface area contributed by atoms with E-state index in [1.54, 1.807) is 12.2 Å². The van der Waals surface area contributed by atoms with Crippen molar-refractivity contribution in [1.82, 2.24) is 15.3 Å². The van der Waals surface area contributed by atoms with Crippen molar-refractivity contribution in [2.24, 2.45) is 0 Å². The molecule has 1 amide bonds. The van der Waals surface area contributed by atoms with Gasteiger partial charge in [0.15, 0.2) is 5.82 Å². The van der Waals surface area contributed by atoms with Gasteiger partial charge >= 0.3 is 6.09 Å². The number of carbonyl (C=O) groups is 1. The fourth-order valence-corrected chi connectivity index (χ4v) is 1.59. The summed E-state index contributed by atoms with van der Waals surface area (Å²) in [4.78, 5) is 19.5. The van der Waals surface area contributed by atoms with Gasteiger partial charge in [0, 0.05) is 18.9 Å². The number of hydrogen-bond acceptors (Lipinski definition) is 4. The second-order valence-electron chi connectivity index (χ2n) is 4.10. The fraction of sp³-hybridized carbons (Fsp3) is 0.133. The van der Waals surface area contributed by atoms with Gasteiger partial charge in [-0.2, -0.15) is 0 Å². The maximum Gasteiger partial charge on any atom is 0.407 e. The van der Waals surface area contributed by atoms with Crippen molar-refractivity contribution >= 4 is 23.8 Å². The quantitative estimate of drug-likeness (QED) is 0.922. The Balaban J connectivity index is 1.68. The Hall–Kier alpha value is -2.40. The molecule has 6 heteroatoms. The highest BCUT2D eigenvalue weighted by Gasteiger charge is 2.00. The van der Waals surface area contributed by atoms with Crippen molar-refractivity contribution in [3.63, 3.8) is 0 Å². The first-order chi connectivity index (χ1) is 10.2. The van der Waals surface area contributed by atoms with Crippen LogP contribution in [-0.2, 0) is 11.3 Å². The van der Waals surface area contributed by atoms with E-state index in [0.29, 0.717) is 17.4 Å². The fourth-order valence-electron chi connectivity index (χ4n) is 1.49. The Morgan fingerprint density at radius 3 is 2.67 bits per heavy atom. The predicted molar refractivity (Wildman–Crippen MR) is 80.7 cm³/mol. The van der Waals surface area contributed by atoms with Crippen molar-refractivity contribution in [1.29, 1.82) is 0 Å². The Labute approximate surface area is 127 Å². The summed E-state index contributed by atoms with van der Waals surface area (Å²) in [7, 11) is 0. The van der Waals surface area contributed by atoms with E-state index in [1.165, 1.54) is 12.4 Å². The third kappa shape index (κ3) is 5.62. The van der Waals surface area contributed by atoms with Gasteiger partial charge in [0.1, 0.15) is 6.61 Å². The summed E-state index contributed by atoms with van der Waals surface area (Å²) in [6, 6.07) is 9.49. The van der Waals surface area contributed by atoms with Crippen LogP contribution >= 0.6 is 11.6 Å². The summed E-state index contributed by atoms with van der Waals surface area (Å²) in [5.74, 6) is 0.527. The van der Waals surface area contributed by atoms with E-state index in [1.807, 2.05) is 30.3 Å². The summed E-state index contributed by atoms with van der Waals surface area (Å²) in [5.41, 5.74) is 0.942. The molecule has 0 aliphatic carbocycles. The highest BCUT2D eigenvalue weighted by atomic mass is 35.5. The maximum atomic E-state index is 11.5. The molecular weight excluding hydrogens is 290 g/mol. The Bertz CT molecular complexity index is 600. The number of halogens is 1. The van der Waals surface area contributed by atoms with Crippen LogP contribution in [0.1, 0.15) is 11.4 Å². The Morgan fingerprint density at radius 2 is 1.95 bits per heavy atom. The zero-order chi connectivity index (χ0) is 14.9. The van der Waals surface area contributed by atoms with Crippen LogP contribution < -0.4 is 5.32 Å².